The van der Waals surface area contributed by atoms with Crippen molar-refractivity contribution in [1.82, 2.24) is 15.4 Å². The Bertz CT molecular complexity index is 965. The van der Waals surface area contributed by atoms with Crippen LogP contribution in [0.2, 0.25) is 0 Å². The van der Waals surface area contributed by atoms with Gasteiger partial charge in [-0.15, -0.1) is 0 Å². The van der Waals surface area contributed by atoms with Crippen molar-refractivity contribution in [2.45, 2.75) is 11.8 Å². The number of rotatable bonds is 5. The second kappa shape index (κ2) is 6.25. The number of ketones is 1. The molecule has 0 unspecified atom stereocenters. The van der Waals surface area contributed by atoms with Crippen LogP contribution in [0.5, 0.6) is 0 Å². The Balaban J connectivity index is 1.96. The van der Waals surface area contributed by atoms with Crippen LogP contribution in [0.1, 0.15) is 21.6 Å². The number of sulfonamides is 1. The predicted octanol–water partition coefficient (Wildman–Crippen LogP) is 2.14. The molecule has 0 radical (unpaired) electrons. The smallest absolute Gasteiger partial charge is 0.261 e. The van der Waals surface area contributed by atoms with Crippen LogP contribution >= 0.6 is 0 Å². The number of aromatic amines is 1. The van der Waals surface area contributed by atoms with E-state index in [4.69, 9.17) is 0 Å². The first kappa shape index (κ1) is 15.9. The van der Waals surface area contributed by atoms with Gasteiger partial charge in [0, 0.05) is 5.56 Å². The number of aryl methyl sites for hydroxylation is 1. The molecule has 24 heavy (non-hydrogen) atoms. The highest BCUT2D eigenvalue weighted by molar-refractivity contribution is 7.92. The van der Waals surface area contributed by atoms with E-state index in [1.807, 2.05) is 6.92 Å². The molecule has 0 fully saturated rings. The van der Waals surface area contributed by atoms with Crippen molar-refractivity contribution in [3.05, 3.63) is 71.5 Å². The molecule has 0 atom stereocenters. The van der Waals surface area contributed by atoms with Crippen LogP contribution in [0, 0.1) is 6.92 Å². The van der Waals surface area contributed by atoms with E-state index in [0.717, 1.165) is 5.56 Å². The fourth-order valence-corrected chi connectivity index (χ4v) is 3.22. The van der Waals surface area contributed by atoms with Gasteiger partial charge in [0.25, 0.3) is 10.0 Å². The number of hydrogen-bond acceptors (Lipinski definition) is 5. The van der Waals surface area contributed by atoms with E-state index in [2.05, 4.69) is 20.1 Å². The molecule has 1 heterocycles. The van der Waals surface area contributed by atoms with E-state index in [1.165, 1.54) is 30.5 Å². The molecule has 3 aromatic rings. The second-order valence-corrected chi connectivity index (χ2v) is 6.83. The van der Waals surface area contributed by atoms with Gasteiger partial charge < -0.3 is 0 Å². The summed E-state index contributed by atoms with van der Waals surface area (Å²) in [7, 11) is -3.80. The Morgan fingerprint density at radius 2 is 1.79 bits per heavy atom. The normalized spacial score (nSPS) is 11.2. The van der Waals surface area contributed by atoms with E-state index in [9.17, 15) is 13.2 Å². The van der Waals surface area contributed by atoms with Crippen molar-refractivity contribution < 1.29 is 13.2 Å². The average molecular weight is 342 g/mol. The fourth-order valence-electron chi connectivity index (χ4n) is 2.14. The largest absolute Gasteiger partial charge is 0.287 e. The predicted molar refractivity (Wildman–Crippen MR) is 88.2 cm³/mol. The lowest BCUT2D eigenvalue weighted by Gasteiger charge is -2.11. The maximum Gasteiger partial charge on any atom is 0.261 e. The SMILES string of the molecule is Cc1ccc(S(=O)(=O)Nc2ccccc2C(=O)c2cn[nH]n2)cc1. The van der Waals surface area contributed by atoms with Gasteiger partial charge in [-0.05, 0) is 31.2 Å². The van der Waals surface area contributed by atoms with Crippen molar-refractivity contribution >= 4 is 21.5 Å². The minimum atomic E-state index is -3.80. The number of aromatic nitrogens is 3. The van der Waals surface area contributed by atoms with Gasteiger partial charge in [-0.1, -0.05) is 29.8 Å². The van der Waals surface area contributed by atoms with Crippen LogP contribution in [-0.2, 0) is 10.0 Å². The van der Waals surface area contributed by atoms with Crippen molar-refractivity contribution in [2.24, 2.45) is 0 Å². The van der Waals surface area contributed by atoms with Crippen LogP contribution in [0.25, 0.3) is 0 Å². The fraction of sp³-hybridized carbons (Fsp3) is 0.0625. The molecule has 2 aromatic carbocycles. The maximum atomic E-state index is 12.5. The maximum absolute atomic E-state index is 12.5. The Kier molecular flexibility index (Phi) is 4.13. The highest BCUT2D eigenvalue weighted by atomic mass is 32.2. The number of carbonyl (C=O) groups is 1. The molecule has 0 saturated carbocycles. The molecule has 3 rings (SSSR count). The number of nitrogens with one attached hydrogen (secondary N) is 2. The van der Waals surface area contributed by atoms with Crippen LogP contribution in [0.4, 0.5) is 5.69 Å². The molecule has 0 amide bonds. The summed E-state index contributed by atoms with van der Waals surface area (Å²) in [6, 6.07) is 12.8. The molecule has 0 bridgehead atoms. The Morgan fingerprint density at radius 1 is 1.08 bits per heavy atom. The summed E-state index contributed by atoms with van der Waals surface area (Å²) in [6.07, 6.45) is 1.29. The van der Waals surface area contributed by atoms with Crippen molar-refractivity contribution in [3.8, 4) is 0 Å². The highest BCUT2D eigenvalue weighted by Gasteiger charge is 2.20. The van der Waals surface area contributed by atoms with Gasteiger partial charge in [0.2, 0.25) is 5.78 Å². The zero-order valence-corrected chi connectivity index (χ0v) is 13.5. The monoisotopic (exact) mass is 342 g/mol. The van der Waals surface area contributed by atoms with Gasteiger partial charge in [-0.25, -0.2) is 8.42 Å². The minimum Gasteiger partial charge on any atom is -0.287 e. The summed E-state index contributed by atoms with van der Waals surface area (Å²) in [5.41, 5.74) is 1.45. The van der Waals surface area contributed by atoms with Crippen LogP contribution in [-0.4, -0.2) is 29.6 Å². The standard InChI is InChI=1S/C16H14N4O3S/c1-11-6-8-12(9-7-11)24(22,23)19-14-5-3-2-4-13(14)16(21)15-10-17-20-18-15/h2-10,19H,1H3,(H,17,18,20). The minimum absolute atomic E-state index is 0.108. The number of carbonyl (C=O) groups excluding carboxylic acids is 1. The zero-order chi connectivity index (χ0) is 17.2. The van der Waals surface area contributed by atoms with Gasteiger partial charge in [-0.3, -0.25) is 9.52 Å². The molecule has 0 spiro atoms. The average Bonchev–Trinajstić information content (AvgIpc) is 3.09. The Labute approximate surface area is 138 Å². The second-order valence-electron chi connectivity index (χ2n) is 5.15. The van der Waals surface area contributed by atoms with Gasteiger partial charge in [0.1, 0.15) is 0 Å². The zero-order valence-electron chi connectivity index (χ0n) is 12.7. The third-order valence-corrected chi connectivity index (χ3v) is 4.78. The van der Waals surface area contributed by atoms with E-state index in [1.54, 1.807) is 24.3 Å². The number of benzene rings is 2. The molecule has 8 heteroatoms. The van der Waals surface area contributed by atoms with Gasteiger partial charge >= 0.3 is 0 Å². The molecule has 2 N–H and O–H groups in total. The summed E-state index contributed by atoms with van der Waals surface area (Å²) in [5.74, 6) is -0.425. The number of nitrogens with zero attached hydrogens (tertiary/aromatic N) is 2. The number of anilines is 1. The van der Waals surface area contributed by atoms with Gasteiger partial charge in [0.15, 0.2) is 5.69 Å². The lowest BCUT2D eigenvalue weighted by Crippen LogP contribution is -2.16. The molecule has 0 saturated heterocycles. The Morgan fingerprint density at radius 3 is 2.46 bits per heavy atom. The molecular weight excluding hydrogens is 328 g/mol. The molecule has 0 aliphatic rings. The molecule has 0 aliphatic carbocycles. The van der Waals surface area contributed by atoms with Crippen molar-refractivity contribution in [1.29, 1.82) is 0 Å². The molecule has 7 nitrogen and oxygen atoms in total. The third-order valence-electron chi connectivity index (χ3n) is 3.39. The van der Waals surface area contributed by atoms with Crippen molar-refractivity contribution in [2.75, 3.05) is 4.72 Å². The number of hydrogen-bond donors (Lipinski definition) is 2. The quantitative estimate of drug-likeness (QED) is 0.691. The summed E-state index contributed by atoms with van der Waals surface area (Å²) in [4.78, 5) is 12.6. The summed E-state index contributed by atoms with van der Waals surface area (Å²) in [6.45, 7) is 1.87. The number of H-pyrrole nitrogens is 1. The Hall–Kier alpha value is -3.00. The first-order chi connectivity index (χ1) is 11.5. The van der Waals surface area contributed by atoms with E-state index < -0.39 is 15.8 Å². The first-order valence-corrected chi connectivity index (χ1v) is 8.55. The first-order valence-electron chi connectivity index (χ1n) is 7.06. The van der Waals surface area contributed by atoms with E-state index in [-0.39, 0.29) is 21.8 Å². The lowest BCUT2D eigenvalue weighted by molar-refractivity contribution is 0.103. The number of para-hydroxylation sites is 1. The van der Waals surface area contributed by atoms with Gasteiger partial charge in [0.05, 0.1) is 16.8 Å². The van der Waals surface area contributed by atoms with E-state index >= 15 is 0 Å². The third kappa shape index (κ3) is 3.18. The molecule has 122 valence electrons. The summed E-state index contributed by atoms with van der Waals surface area (Å²) >= 11 is 0. The molecular formula is C16H14N4O3S. The van der Waals surface area contributed by atoms with Gasteiger partial charge in [-0.2, -0.15) is 15.4 Å². The van der Waals surface area contributed by atoms with Crippen LogP contribution < -0.4 is 4.72 Å². The van der Waals surface area contributed by atoms with Crippen LogP contribution in [0.3, 0.4) is 0 Å². The van der Waals surface area contributed by atoms with E-state index in [0.29, 0.717) is 0 Å². The van der Waals surface area contributed by atoms with Crippen LogP contribution in [0.15, 0.2) is 59.6 Å². The summed E-state index contributed by atoms with van der Waals surface area (Å²) in [5, 5.41) is 9.69. The lowest BCUT2D eigenvalue weighted by atomic mass is 10.1. The summed E-state index contributed by atoms with van der Waals surface area (Å²) < 4.78 is 27.5. The topological polar surface area (TPSA) is 105 Å². The highest BCUT2D eigenvalue weighted by Crippen LogP contribution is 2.22. The molecule has 1 aromatic heterocycles. The molecule has 0 aliphatic heterocycles. The van der Waals surface area contributed by atoms with Crippen molar-refractivity contribution in [3.63, 3.8) is 0 Å².